The van der Waals surface area contributed by atoms with Crippen LogP contribution in [-0.4, -0.2) is 79.3 Å². The first-order valence-electron chi connectivity index (χ1n) is 17.5. The van der Waals surface area contributed by atoms with E-state index in [-0.39, 0.29) is 36.9 Å². The topological polar surface area (TPSA) is 118 Å². The van der Waals surface area contributed by atoms with E-state index in [1.165, 1.54) is 4.90 Å². The Morgan fingerprint density at radius 1 is 1.02 bits per heavy atom. The Kier molecular flexibility index (Phi) is 9.43. The van der Waals surface area contributed by atoms with E-state index < -0.39 is 34.7 Å². The number of amides is 4. The van der Waals surface area contributed by atoms with E-state index in [4.69, 9.17) is 14.2 Å². The summed E-state index contributed by atoms with van der Waals surface area (Å²) in [4.78, 5) is 60.6. The summed E-state index contributed by atoms with van der Waals surface area (Å²) in [5, 5.41) is 3.28. The molecule has 2 unspecified atom stereocenters. The van der Waals surface area contributed by atoms with Crippen LogP contribution in [0, 0.1) is 11.8 Å². The van der Waals surface area contributed by atoms with Crippen LogP contribution in [0.1, 0.15) is 78.7 Å². The van der Waals surface area contributed by atoms with Gasteiger partial charge in [0.25, 0.3) is 5.91 Å². The van der Waals surface area contributed by atoms with Crippen LogP contribution in [0.15, 0.2) is 48.5 Å². The van der Waals surface area contributed by atoms with E-state index in [0.29, 0.717) is 43.1 Å². The third-order valence-corrected chi connectivity index (χ3v) is 9.78. The molecule has 2 aliphatic carbocycles. The molecule has 2 aromatic rings. The zero-order valence-corrected chi connectivity index (χ0v) is 29.6. The Morgan fingerprint density at radius 2 is 1.71 bits per heavy atom. The number of piperidine rings is 1. The van der Waals surface area contributed by atoms with Gasteiger partial charge in [-0.15, -0.1) is 0 Å². The van der Waals surface area contributed by atoms with Gasteiger partial charge in [-0.3, -0.25) is 14.4 Å². The molecule has 11 heteroatoms. The number of hydrogen-bond donors (Lipinski definition) is 1. The van der Waals surface area contributed by atoms with E-state index in [9.17, 15) is 19.2 Å². The highest BCUT2D eigenvalue weighted by molar-refractivity contribution is 6.04. The quantitative estimate of drug-likeness (QED) is 0.336. The van der Waals surface area contributed by atoms with Crippen molar-refractivity contribution in [3.05, 3.63) is 54.1 Å². The highest BCUT2D eigenvalue weighted by Crippen LogP contribution is 2.46. The van der Waals surface area contributed by atoms with Crippen LogP contribution in [0.4, 0.5) is 16.2 Å². The van der Waals surface area contributed by atoms with Crippen LogP contribution >= 0.6 is 0 Å². The number of ether oxygens (including phenoxy) is 3. The number of carbonyl (C=O) groups excluding carboxylic acids is 4. The first-order chi connectivity index (χ1) is 23.2. The highest BCUT2D eigenvalue weighted by Gasteiger charge is 2.49. The molecular weight excluding hydrogens is 624 g/mol. The molecule has 2 saturated carbocycles. The van der Waals surface area contributed by atoms with Gasteiger partial charge in [0.1, 0.15) is 11.4 Å². The Hall–Kier alpha value is -4.12. The van der Waals surface area contributed by atoms with Gasteiger partial charge in [0.05, 0.1) is 23.1 Å². The minimum Gasteiger partial charge on any atom is -0.476 e. The lowest BCUT2D eigenvalue weighted by Crippen LogP contribution is -2.54. The summed E-state index contributed by atoms with van der Waals surface area (Å²) >= 11 is 0. The fraction of sp³-hybridized carbons (Fsp3) is 0.579. The average molecular weight is 675 g/mol. The number of benzene rings is 2. The molecule has 1 N–H and O–H groups in total. The molecule has 0 aromatic heterocycles. The highest BCUT2D eigenvalue weighted by atomic mass is 16.6. The second-order valence-corrected chi connectivity index (χ2v) is 15.5. The van der Waals surface area contributed by atoms with Crippen molar-refractivity contribution in [3.8, 4) is 5.75 Å². The van der Waals surface area contributed by atoms with Crippen LogP contribution in [0.2, 0.25) is 0 Å². The lowest BCUT2D eigenvalue weighted by molar-refractivity contribution is -0.133. The molecule has 2 aliphatic heterocycles. The molecule has 0 spiro atoms. The molecule has 4 amide bonds. The smallest absolute Gasteiger partial charge is 0.410 e. The molecule has 4 aliphatic rings. The van der Waals surface area contributed by atoms with Crippen LogP contribution < -0.4 is 19.9 Å². The lowest BCUT2D eigenvalue weighted by atomic mass is 9.87. The fourth-order valence-electron chi connectivity index (χ4n) is 6.99. The molecule has 6 rings (SSSR count). The number of hydrogen-bond acceptors (Lipinski definition) is 7. The summed E-state index contributed by atoms with van der Waals surface area (Å²) in [6, 6.07) is 15.5. The third-order valence-electron chi connectivity index (χ3n) is 9.78. The predicted octanol–water partition coefficient (Wildman–Crippen LogP) is 5.40. The third kappa shape index (κ3) is 7.56. The summed E-state index contributed by atoms with van der Waals surface area (Å²) in [5.74, 6) is -1.11. The molecule has 3 fully saturated rings. The molecule has 0 radical (unpaired) electrons. The van der Waals surface area contributed by atoms with Crippen molar-refractivity contribution in [1.82, 2.24) is 10.2 Å². The SMILES string of the molecule is COCCCN1C(=O)C(C)(C)Oc2ccc(N(C(=O)C3CC(C(=O)NC4(c5ccccc5)CC4)CN(C(=O)OC(C)(C)C)C3)C3CC3)cc21. The van der Waals surface area contributed by atoms with E-state index >= 15 is 0 Å². The molecule has 0 bridgehead atoms. The lowest BCUT2D eigenvalue weighted by Gasteiger charge is -2.40. The first-order valence-corrected chi connectivity index (χ1v) is 17.5. The van der Waals surface area contributed by atoms with Crippen molar-refractivity contribution in [3.63, 3.8) is 0 Å². The largest absolute Gasteiger partial charge is 0.476 e. The van der Waals surface area contributed by atoms with Gasteiger partial charge in [-0.05, 0) is 96.9 Å². The van der Waals surface area contributed by atoms with Crippen molar-refractivity contribution in [2.24, 2.45) is 11.8 Å². The van der Waals surface area contributed by atoms with Gasteiger partial charge >= 0.3 is 6.09 Å². The van der Waals surface area contributed by atoms with Crippen LogP contribution in [0.25, 0.3) is 0 Å². The molecule has 11 nitrogen and oxygen atoms in total. The van der Waals surface area contributed by atoms with Crippen LogP contribution in [0.3, 0.4) is 0 Å². The number of nitrogens with zero attached hydrogens (tertiary/aromatic N) is 3. The van der Waals surface area contributed by atoms with Crippen molar-refractivity contribution in [2.75, 3.05) is 43.2 Å². The minimum atomic E-state index is -1.03. The number of fused-ring (bicyclic) bond motifs is 1. The molecule has 2 heterocycles. The number of likely N-dealkylation sites (tertiary alicyclic amines) is 1. The maximum atomic E-state index is 14.6. The summed E-state index contributed by atoms with van der Waals surface area (Å²) in [6.07, 6.45) is 3.78. The Balaban J connectivity index is 1.28. The Bertz CT molecular complexity index is 1580. The maximum absolute atomic E-state index is 14.6. The molecule has 264 valence electrons. The van der Waals surface area contributed by atoms with Crippen LogP contribution in [-0.2, 0) is 29.4 Å². The van der Waals surface area contributed by atoms with Gasteiger partial charge in [-0.25, -0.2) is 4.79 Å². The number of carbonyl (C=O) groups is 4. The van der Waals surface area contributed by atoms with E-state index in [1.807, 2.05) is 53.4 Å². The Labute approximate surface area is 289 Å². The zero-order chi connectivity index (χ0) is 35.1. The summed E-state index contributed by atoms with van der Waals surface area (Å²) in [5.41, 5.74) is 0.154. The average Bonchev–Trinajstić information content (AvgIpc) is 4.00. The number of rotatable bonds is 10. The molecular formula is C38H50N4O7. The summed E-state index contributed by atoms with van der Waals surface area (Å²) in [6.45, 7) is 10.2. The van der Waals surface area contributed by atoms with Crippen molar-refractivity contribution in [2.45, 2.75) is 95.9 Å². The maximum Gasteiger partial charge on any atom is 0.410 e. The van der Waals surface area contributed by atoms with Crippen molar-refractivity contribution >= 4 is 35.2 Å². The second kappa shape index (κ2) is 13.3. The predicted molar refractivity (Wildman–Crippen MR) is 185 cm³/mol. The summed E-state index contributed by atoms with van der Waals surface area (Å²) in [7, 11) is 1.63. The number of anilines is 2. The van der Waals surface area contributed by atoms with Gasteiger partial charge in [-0.2, -0.15) is 0 Å². The second-order valence-electron chi connectivity index (χ2n) is 15.5. The van der Waals surface area contributed by atoms with E-state index in [2.05, 4.69) is 5.32 Å². The Morgan fingerprint density at radius 3 is 2.35 bits per heavy atom. The first kappa shape index (κ1) is 34.7. The normalized spacial score (nSPS) is 22.4. The van der Waals surface area contributed by atoms with Gasteiger partial charge in [0.15, 0.2) is 5.60 Å². The van der Waals surface area contributed by atoms with Gasteiger partial charge < -0.3 is 34.2 Å². The zero-order valence-electron chi connectivity index (χ0n) is 29.6. The number of nitrogens with one attached hydrogen (secondary N) is 1. The number of methoxy groups -OCH3 is 1. The molecule has 49 heavy (non-hydrogen) atoms. The van der Waals surface area contributed by atoms with Crippen LogP contribution in [0.5, 0.6) is 5.75 Å². The fourth-order valence-corrected chi connectivity index (χ4v) is 6.99. The minimum absolute atomic E-state index is 0.0128. The van der Waals surface area contributed by atoms with Gasteiger partial charge in [0.2, 0.25) is 11.8 Å². The van der Waals surface area contributed by atoms with E-state index in [1.54, 1.807) is 46.6 Å². The van der Waals surface area contributed by atoms with Gasteiger partial charge in [-0.1, -0.05) is 30.3 Å². The molecule has 1 saturated heterocycles. The van der Waals surface area contributed by atoms with Crippen molar-refractivity contribution in [1.29, 1.82) is 0 Å². The molecule has 2 aromatic carbocycles. The molecule has 2 atom stereocenters. The monoisotopic (exact) mass is 674 g/mol. The summed E-state index contributed by atoms with van der Waals surface area (Å²) < 4.78 is 17.1. The standard InChI is InChI=1S/C38H50N4O7/c1-36(2,3)49-35(46)40-23-25(32(43)39-38(17-18-38)27-11-8-7-9-12-27)21-26(24-40)33(44)42(28-13-14-28)29-15-16-31-30(22-29)41(19-10-20-47-6)34(45)37(4,5)48-31/h7-9,11-12,15-16,22,25-26,28H,10,13-14,17-21,23-24H2,1-6H3,(H,39,43). The van der Waals surface area contributed by atoms with E-state index in [0.717, 1.165) is 31.2 Å². The van der Waals surface area contributed by atoms with Crippen molar-refractivity contribution < 1.29 is 33.4 Å². The van der Waals surface area contributed by atoms with Gasteiger partial charge in [0, 0.05) is 45.1 Å².